The van der Waals surface area contributed by atoms with Crippen LogP contribution in [-0.4, -0.2) is 28.4 Å². The first-order valence-corrected chi connectivity index (χ1v) is 15.3. The molecule has 0 bridgehead atoms. The number of aliphatic hydroxyl groups is 1. The summed E-state index contributed by atoms with van der Waals surface area (Å²) in [5.41, 5.74) is 4.91. The number of thiazole rings is 1. The van der Waals surface area contributed by atoms with E-state index in [0.29, 0.717) is 41.0 Å². The molecule has 1 aliphatic heterocycles. The second-order valence-corrected chi connectivity index (χ2v) is 11.8. The molecule has 8 heteroatoms. The number of aryl methyl sites for hydroxylation is 2. The molecule has 1 amide bonds. The van der Waals surface area contributed by atoms with Gasteiger partial charge in [-0.05, 0) is 72.9 Å². The third kappa shape index (κ3) is 5.68. The van der Waals surface area contributed by atoms with Gasteiger partial charge in [0.25, 0.3) is 5.78 Å². The molecular weight excluding hydrogens is 572 g/mol. The van der Waals surface area contributed by atoms with Crippen molar-refractivity contribution in [2.75, 3.05) is 11.5 Å². The first-order valence-electron chi connectivity index (χ1n) is 14.5. The quantitative estimate of drug-likeness (QED) is 0.105. The summed E-state index contributed by atoms with van der Waals surface area (Å²) in [5, 5.41) is 12.0. The van der Waals surface area contributed by atoms with Gasteiger partial charge in [0.15, 0.2) is 5.13 Å². The van der Waals surface area contributed by atoms with E-state index in [-0.39, 0.29) is 11.3 Å². The number of fused-ring (bicyclic) bond motifs is 1. The van der Waals surface area contributed by atoms with Gasteiger partial charge in [-0.2, -0.15) is 0 Å². The maximum Gasteiger partial charge on any atom is 0.301 e. The van der Waals surface area contributed by atoms with Crippen molar-refractivity contribution < 1.29 is 24.2 Å². The van der Waals surface area contributed by atoms with Gasteiger partial charge in [0.1, 0.15) is 23.9 Å². The van der Waals surface area contributed by atoms with Crippen molar-refractivity contribution in [1.82, 2.24) is 4.98 Å². The number of amides is 1. The van der Waals surface area contributed by atoms with Crippen LogP contribution in [0, 0.1) is 13.8 Å². The van der Waals surface area contributed by atoms with Crippen molar-refractivity contribution >= 4 is 44.1 Å². The lowest BCUT2D eigenvalue weighted by molar-refractivity contribution is -0.132. The zero-order chi connectivity index (χ0) is 30.8. The van der Waals surface area contributed by atoms with E-state index in [1.807, 2.05) is 87.5 Å². The van der Waals surface area contributed by atoms with Gasteiger partial charge in [0, 0.05) is 5.56 Å². The molecule has 7 nitrogen and oxygen atoms in total. The van der Waals surface area contributed by atoms with E-state index in [2.05, 4.69) is 0 Å². The Morgan fingerprint density at radius 1 is 0.909 bits per heavy atom. The van der Waals surface area contributed by atoms with Gasteiger partial charge in [0.2, 0.25) is 0 Å². The number of hydrogen-bond acceptors (Lipinski definition) is 7. The number of carbonyl (C=O) groups excluding carboxylic acids is 2. The molecule has 2 heterocycles. The van der Waals surface area contributed by atoms with Gasteiger partial charge in [-0.25, -0.2) is 4.98 Å². The van der Waals surface area contributed by atoms with Crippen LogP contribution in [0.3, 0.4) is 0 Å². The minimum atomic E-state index is -0.902. The Balaban J connectivity index is 1.44. The third-order valence-electron chi connectivity index (χ3n) is 7.49. The number of benzene rings is 4. The van der Waals surface area contributed by atoms with Crippen molar-refractivity contribution in [3.05, 3.63) is 124 Å². The number of anilines is 1. The van der Waals surface area contributed by atoms with Gasteiger partial charge in [-0.3, -0.25) is 14.5 Å². The molecule has 6 rings (SSSR count). The number of aromatic nitrogens is 1. The molecule has 0 spiro atoms. The third-order valence-corrected chi connectivity index (χ3v) is 8.50. The molecule has 4 aromatic carbocycles. The molecule has 1 unspecified atom stereocenters. The Morgan fingerprint density at radius 3 is 2.43 bits per heavy atom. The predicted molar refractivity (Wildman–Crippen MR) is 173 cm³/mol. The minimum Gasteiger partial charge on any atom is -0.507 e. The number of ether oxygens (including phenoxy) is 2. The summed E-state index contributed by atoms with van der Waals surface area (Å²) in [4.78, 5) is 33.7. The van der Waals surface area contributed by atoms with E-state index >= 15 is 0 Å². The number of nitrogens with zero attached hydrogens (tertiary/aromatic N) is 2. The lowest BCUT2D eigenvalue weighted by atomic mass is 9.95. The fourth-order valence-electron chi connectivity index (χ4n) is 5.40. The summed E-state index contributed by atoms with van der Waals surface area (Å²) in [6.45, 7) is 6.92. The molecule has 0 aliphatic carbocycles. The summed E-state index contributed by atoms with van der Waals surface area (Å²) in [6, 6.07) is 27.2. The van der Waals surface area contributed by atoms with Crippen molar-refractivity contribution in [2.45, 2.75) is 39.8 Å². The van der Waals surface area contributed by atoms with Crippen LogP contribution in [0.25, 0.3) is 16.0 Å². The molecule has 1 atom stereocenters. The Bertz CT molecular complexity index is 1880. The molecule has 1 N–H and O–H groups in total. The summed E-state index contributed by atoms with van der Waals surface area (Å²) < 4.78 is 12.7. The van der Waals surface area contributed by atoms with E-state index in [1.54, 1.807) is 24.3 Å². The second-order valence-electron chi connectivity index (χ2n) is 10.8. The highest BCUT2D eigenvalue weighted by Gasteiger charge is 2.48. The number of carbonyl (C=O) groups is 2. The zero-order valence-electron chi connectivity index (χ0n) is 24.7. The number of hydrogen-bond donors (Lipinski definition) is 1. The van der Waals surface area contributed by atoms with Crippen molar-refractivity contribution in [3.63, 3.8) is 0 Å². The average molecular weight is 605 g/mol. The molecule has 0 saturated carbocycles. The van der Waals surface area contributed by atoms with Crippen LogP contribution in [0.15, 0.2) is 96.6 Å². The Morgan fingerprint density at radius 2 is 1.68 bits per heavy atom. The highest BCUT2D eigenvalue weighted by molar-refractivity contribution is 7.22. The standard InChI is InChI=1S/C36H32N2O5S/c1-4-17-42-28-12-8-11-26(20-28)33(39)30-32(25-13-15-27(16-14-25)43-21-24-9-6-5-7-10-24)38(35(41)34(30)40)36-37-31-23(3)18-22(2)19-29(31)44-36/h5-16,18-20,32,39H,4,17,21H2,1-3H3/b33-30+. The second kappa shape index (κ2) is 12.3. The van der Waals surface area contributed by atoms with Gasteiger partial charge in [-0.1, -0.05) is 78.9 Å². The first kappa shape index (κ1) is 29.1. The monoisotopic (exact) mass is 604 g/mol. The highest BCUT2D eigenvalue weighted by atomic mass is 32.1. The largest absolute Gasteiger partial charge is 0.507 e. The highest BCUT2D eigenvalue weighted by Crippen LogP contribution is 2.45. The van der Waals surface area contributed by atoms with E-state index in [4.69, 9.17) is 14.5 Å². The maximum atomic E-state index is 13.7. The van der Waals surface area contributed by atoms with E-state index in [0.717, 1.165) is 33.3 Å². The van der Waals surface area contributed by atoms with Crippen LogP contribution < -0.4 is 14.4 Å². The summed E-state index contributed by atoms with van der Waals surface area (Å²) >= 11 is 1.35. The van der Waals surface area contributed by atoms with Gasteiger partial charge in [0.05, 0.1) is 28.4 Å². The molecule has 0 radical (unpaired) electrons. The van der Waals surface area contributed by atoms with Crippen molar-refractivity contribution in [3.8, 4) is 11.5 Å². The van der Waals surface area contributed by atoms with Crippen LogP contribution in [0.1, 0.15) is 47.2 Å². The maximum absolute atomic E-state index is 13.7. The molecule has 44 heavy (non-hydrogen) atoms. The van der Waals surface area contributed by atoms with Crippen LogP contribution in [0.2, 0.25) is 0 Å². The molecule has 1 aliphatic rings. The van der Waals surface area contributed by atoms with E-state index in [9.17, 15) is 14.7 Å². The minimum absolute atomic E-state index is 0.00671. The average Bonchev–Trinajstić information content (AvgIpc) is 3.57. The molecule has 5 aromatic rings. The van der Waals surface area contributed by atoms with E-state index in [1.165, 1.54) is 16.2 Å². The molecule has 222 valence electrons. The lowest BCUT2D eigenvalue weighted by Gasteiger charge is -2.23. The smallest absolute Gasteiger partial charge is 0.301 e. The topological polar surface area (TPSA) is 89.0 Å². The number of ketones is 1. The van der Waals surface area contributed by atoms with Crippen LogP contribution in [0.4, 0.5) is 5.13 Å². The fourth-order valence-corrected chi connectivity index (χ4v) is 6.57. The number of Topliss-reactive ketones (excluding diaryl/α,β-unsaturated/α-hetero) is 1. The molecular formula is C36H32N2O5S. The molecule has 1 fully saturated rings. The molecule has 1 saturated heterocycles. The van der Waals surface area contributed by atoms with Crippen LogP contribution >= 0.6 is 11.3 Å². The summed E-state index contributed by atoms with van der Waals surface area (Å²) in [6.07, 6.45) is 0.827. The zero-order valence-corrected chi connectivity index (χ0v) is 25.6. The SMILES string of the molecule is CCCOc1cccc(/C(O)=C2\C(=O)C(=O)N(c3nc4c(C)cc(C)cc4s3)C2c2ccc(OCc3ccccc3)cc2)c1. The first-order chi connectivity index (χ1) is 21.3. The van der Waals surface area contributed by atoms with E-state index < -0.39 is 17.7 Å². The number of aliphatic hydroxyl groups excluding tert-OH is 1. The Hall–Kier alpha value is -4.95. The van der Waals surface area contributed by atoms with Gasteiger partial charge in [-0.15, -0.1) is 0 Å². The normalized spacial score (nSPS) is 16.1. The summed E-state index contributed by atoms with van der Waals surface area (Å²) in [5.74, 6) is -0.577. The predicted octanol–water partition coefficient (Wildman–Crippen LogP) is 7.91. The number of rotatable bonds is 9. The van der Waals surface area contributed by atoms with Crippen LogP contribution in [-0.2, 0) is 16.2 Å². The Labute approximate surface area is 260 Å². The summed E-state index contributed by atoms with van der Waals surface area (Å²) in [7, 11) is 0. The fraction of sp³-hybridized carbons (Fsp3) is 0.194. The van der Waals surface area contributed by atoms with Gasteiger partial charge < -0.3 is 14.6 Å². The Kier molecular flexibility index (Phi) is 8.17. The van der Waals surface area contributed by atoms with Crippen LogP contribution in [0.5, 0.6) is 11.5 Å². The van der Waals surface area contributed by atoms with Crippen molar-refractivity contribution in [2.24, 2.45) is 0 Å². The lowest BCUT2D eigenvalue weighted by Crippen LogP contribution is -2.29. The van der Waals surface area contributed by atoms with Gasteiger partial charge >= 0.3 is 5.91 Å². The molecule has 1 aromatic heterocycles. The van der Waals surface area contributed by atoms with Crippen molar-refractivity contribution in [1.29, 1.82) is 0 Å².